The lowest BCUT2D eigenvalue weighted by Crippen LogP contribution is -2.47. The van der Waals surface area contributed by atoms with Crippen molar-refractivity contribution in [3.63, 3.8) is 0 Å². The lowest BCUT2D eigenvalue weighted by molar-refractivity contribution is -0.142. The predicted molar refractivity (Wildman–Crippen MR) is 67.9 cm³/mol. The van der Waals surface area contributed by atoms with Gasteiger partial charge in [0.15, 0.2) is 0 Å². The molecule has 0 atom stereocenters. The Balaban J connectivity index is 2.15. The van der Waals surface area contributed by atoms with E-state index in [1.54, 1.807) is 0 Å². The summed E-state index contributed by atoms with van der Waals surface area (Å²) >= 11 is 3.56. The molecule has 0 aromatic heterocycles. The summed E-state index contributed by atoms with van der Waals surface area (Å²) in [7, 11) is 1.42. The van der Waals surface area contributed by atoms with Gasteiger partial charge in [-0.15, -0.1) is 0 Å². The van der Waals surface area contributed by atoms with Gasteiger partial charge in [-0.1, -0.05) is 34.1 Å². The van der Waals surface area contributed by atoms with Crippen molar-refractivity contribution in [3.8, 4) is 0 Å². The van der Waals surface area contributed by atoms with Crippen molar-refractivity contribution in [3.05, 3.63) is 34.3 Å². The molecule has 0 bridgehead atoms. The molecule has 0 N–H and O–H groups in total. The highest BCUT2D eigenvalue weighted by atomic mass is 79.9. The Hall–Kier alpha value is -0.870. The van der Waals surface area contributed by atoms with E-state index in [0.29, 0.717) is 19.6 Å². The molecule has 3 nitrogen and oxygen atoms in total. The summed E-state index contributed by atoms with van der Waals surface area (Å²) in [5, 5.41) is 0. The SMILES string of the molecule is COC(=O)CCC1(c2ccccc2Br)COC1. The van der Waals surface area contributed by atoms with Gasteiger partial charge in [-0.05, 0) is 18.1 Å². The van der Waals surface area contributed by atoms with Gasteiger partial charge in [0, 0.05) is 16.3 Å². The Morgan fingerprint density at radius 3 is 2.71 bits per heavy atom. The lowest BCUT2D eigenvalue weighted by atomic mass is 9.75. The zero-order chi connectivity index (χ0) is 12.3. The third-order valence-corrected chi connectivity index (χ3v) is 3.93. The number of rotatable bonds is 4. The minimum atomic E-state index is -0.164. The average molecular weight is 299 g/mol. The fraction of sp³-hybridized carbons (Fsp3) is 0.462. The minimum absolute atomic E-state index is 0.0334. The van der Waals surface area contributed by atoms with Crippen LogP contribution in [0.15, 0.2) is 28.7 Å². The molecule has 1 saturated heterocycles. The van der Waals surface area contributed by atoms with Crippen molar-refractivity contribution in [2.24, 2.45) is 0 Å². The van der Waals surface area contributed by atoms with Crippen molar-refractivity contribution >= 4 is 21.9 Å². The van der Waals surface area contributed by atoms with E-state index >= 15 is 0 Å². The van der Waals surface area contributed by atoms with Crippen molar-refractivity contribution in [1.29, 1.82) is 0 Å². The minimum Gasteiger partial charge on any atom is -0.469 e. The van der Waals surface area contributed by atoms with Gasteiger partial charge in [0.2, 0.25) is 0 Å². The van der Waals surface area contributed by atoms with Crippen LogP contribution in [0.2, 0.25) is 0 Å². The maximum absolute atomic E-state index is 11.2. The van der Waals surface area contributed by atoms with E-state index in [2.05, 4.69) is 26.7 Å². The predicted octanol–water partition coefficient (Wildman–Crippen LogP) is 2.67. The van der Waals surface area contributed by atoms with Crippen LogP contribution in [0.3, 0.4) is 0 Å². The molecule has 1 aromatic carbocycles. The van der Waals surface area contributed by atoms with Gasteiger partial charge in [-0.25, -0.2) is 0 Å². The molecule has 0 unspecified atom stereocenters. The van der Waals surface area contributed by atoms with Gasteiger partial charge >= 0.3 is 5.97 Å². The van der Waals surface area contributed by atoms with Gasteiger partial charge in [0.25, 0.3) is 0 Å². The Kier molecular flexibility index (Phi) is 3.84. The van der Waals surface area contributed by atoms with E-state index in [9.17, 15) is 4.79 Å². The fourth-order valence-electron chi connectivity index (χ4n) is 2.12. The standard InChI is InChI=1S/C13H15BrO3/c1-16-12(15)6-7-13(8-17-9-13)10-4-2-3-5-11(10)14/h2-5H,6-9H2,1H3. The number of esters is 1. The third kappa shape index (κ3) is 2.53. The molecule has 0 saturated carbocycles. The largest absolute Gasteiger partial charge is 0.469 e. The molecule has 1 heterocycles. The molecule has 92 valence electrons. The normalized spacial score (nSPS) is 17.3. The summed E-state index contributed by atoms with van der Waals surface area (Å²) < 4.78 is 11.1. The van der Waals surface area contributed by atoms with E-state index in [1.807, 2.05) is 18.2 Å². The van der Waals surface area contributed by atoms with Gasteiger partial charge in [0.05, 0.1) is 20.3 Å². The second kappa shape index (κ2) is 5.19. The first-order chi connectivity index (χ1) is 8.18. The Labute approximate surface area is 109 Å². The monoisotopic (exact) mass is 298 g/mol. The van der Waals surface area contributed by atoms with Crippen LogP contribution >= 0.6 is 15.9 Å². The first-order valence-electron chi connectivity index (χ1n) is 5.57. The van der Waals surface area contributed by atoms with E-state index in [-0.39, 0.29) is 11.4 Å². The van der Waals surface area contributed by atoms with Gasteiger partial charge < -0.3 is 9.47 Å². The van der Waals surface area contributed by atoms with Crippen LogP contribution in [0.25, 0.3) is 0 Å². The third-order valence-electron chi connectivity index (χ3n) is 3.24. The molecule has 1 aliphatic heterocycles. The lowest BCUT2D eigenvalue weighted by Gasteiger charge is -2.42. The summed E-state index contributed by atoms with van der Waals surface area (Å²) in [5.74, 6) is -0.164. The summed E-state index contributed by atoms with van der Waals surface area (Å²) in [4.78, 5) is 11.2. The van der Waals surface area contributed by atoms with Crippen molar-refractivity contribution in [2.45, 2.75) is 18.3 Å². The zero-order valence-electron chi connectivity index (χ0n) is 9.74. The number of ether oxygens (including phenoxy) is 2. The van der Waals surface area contributed by atoms with Gasteiger partial charge in [-0.3, -0.25) is 4.79 Å². The van der Waals surface area contributed by atoms with E-state index in [1.165, 1.54) is 12.7 Å². The summed E-state index contributed by atoms with van der Waals surface area (Å²) in [6.07, 6.45) is 1.20. The van der Waals surface area contributed by atoms with Gasteiger partial charge in [0.1, 0.15) is 0 Å². The first-order valence-corrected chi connectivity index (χ1v) is 6.37. The number of hydrogen-bond donors (Lipinski definition) is 0. The molecule has 0 amide bonds. The van der Waals surface area contributed by atoms with E-state index < -0.39 is 0 Å². The Morgan fingerprint density at radius 2 is 2.18 bits per heavy atom. The van der Waals surface area contributed by atoms with Crippen LogP contribution in [0.1, 0.15) is 18.4 Å². The summed E-state index contributed by atoms with van der Waals surface area (Å²) in [5.41, 5.74) is 1.18. The molecule has 0 spiro atoms. The fourth-order valence-corrected chi connectivity index (χ4v) is 2.82. The smallest absolute Gasteiger partial charge is 0.305 e. The zero-order valence-corrected chi connectivity index (χ0v) is 11.3. The van der Waals surface area contributed by atoms with Crippen LogP contribution in [-0.4, -0.2) is 26.3 Å². The molecule has 4 heteroatoms. The van der Waals surface area contributed by atoms with Crippen molar-refractivity contribution in [1.82, 2.24) is 0 Å². The highest BCUT2D eigenvalue weighted by Crippen LogP contribution is 2.40. The van der Waals surface area contributed by atoms with Crippen LogP contribution in [0.4, 0.5) is 0 Å². The average Bonchev–Trinajstić information content (AvgIpc) is 2.29. The van der Waals surface area contributed by atoms with E-state index in [4.69, 9.17) is 4.74 Å². The molecular formula is C13H15BrO3. The molecule has 0 radical (unpaired) electrons. The Morgan fingerprint density at radius 1 is 1.47 bits per heavy atom. The second-order valence-electron chi connectivity index (χ2n) is 4.33. The highest BCUT2D eigenvalue weighted by Gasteiger charge is 2.41. The quantitative estimate of drug-likeness (QED) is 0.802. The molecule has 1 fully saturated rings. The van der Waals surface area contributed by atoms with Crippen molar-refractivity contribution in [2.75, 3.05) is 20.3 Å². The molecule has 17 heavy (non-hydrogen) atoms. The van der Waals surface area contributed by atoms with Crippen LogP contribution < -0.4 is 0 Å². The first kappa shape index (κ1) is 12.6. The van der Waals surface area contributed by atoms with Gasteiger partial charge in [-0.2, -0.15) is 0 Å². The number of carbonyl (C=O) groups is 1. The Bertz CT molecular complexity index is 413. The molecule has 1 aromatic rings. The second-order valence-corrected chi connectivity index (χ2v) is 5.18. The maximum Gasteiger partial charge on any atom is 0.305 e. The number of carbonyl (C=O) groups excluding carboxylic acids is 1. The van der Waals surface area contributed by atoms with Crippen LogP contribution in [-0.2, 0) is 19.7 Å². The summed E-state index contributed by atoms with van der Waals surface area (Å²) in [6.45, 7) is 1.35. The molecule has 0 aliphatic carbocycles. The van der Waals surface area contributed by atoms with Crippen LogP contribution in [0.5, 0.6) is 0 Å². The molecule has 2 rings (SSSR count). The van der Waals surface area contributed by atoms with Crippen LogP contribution in [0, 0.1) is 0 Å². The molecule has 1 aliphatic rings. The molecular weight excluding hydrogens is 284 g/mol. The van der Waals surface area contributed by atoms with Crippen molar-refractivity contribution < 1.29 is 14.3 Å². The maximum atomic E-state index is 11.2. The number of hydrogen-bond acceptors (Lipinski definition) is 3. The van der Waals surface area contributed by atoms with E-state index in [0.717, 1.165) is 10.9 Å². The number of halogens is 1. The number of methoxy groups -OCH3 is 1. The summed E-state index contributed by atoms with van der Waals surface area (Å²) in [6, 6.07) is 8.11. The number of benzene rings is 1. The highest BCUT2D eigenvalue weighted by molar-refractivity contribution is 9.10. The topological polar surface area (TPSA) is 35.5 Å².